The molecule has 0 saturated heterocycles. The van der Waals surface area contributed by atoms with Crippen molar-refractivity contribution in [2.45, 2.75) is 12.1 Å². The molecule has 0 aliphatic carbocycles. The summed E-state index contributed by atoms with van der Waals surface area (Å²) in [5, 5.41) is 8.69. The zero-order chi connectivity index (χ0) is 10.3. The maximum absolute atomic E-state index is 10.5. The zero-order valence-electron chi connectivity index (χ0n) is 7.51. The van der Waals surface area contributed by atoms with Crippen LogP contribution >= 0.6 is 0 Å². The standard InChI is InChI=1S/C8H11NO4/c1-9-8(6(4-10)12-2)7(5-11)13-3/h1,4-6,8H,2-3H3/p+1/b7-5+. The van der Waals surface area contributed by atoms with Gasteiger partial charge >= 0.3 is 6.04 Å². The summed E-state index contributed by atoms with van der Waals surface area (Å²) >= 11 is 0. The molecule has 0 saturated carbocycles. The molecular formula is C8H12NO4+. The van der Waals surface area contributed by atoms with Gasteiger partial charge in [-0.05, 0) is 0 Å². The van der Waals surface area contributed by atoms with E-state index in [4.69, 9.17) is 21.2 Å². The molecule has 13 heavy (non-hydrogen) atoms. The van der Waals surface area contributed by atoms with E-state index in [0.717, 1.165) is 0 Å². The lowest BCUT2D eigenvalue weighted by atomic mass is 10.1. The summed E-state index contributed by atoms with van der Waals surface area (Å²) in [6.07, 6.45) is 0.364. The molecule has 0 amide bonds. The van der Waals surface area contributed by atoms with Gasteiger partial charge in [0.05, 0.1) is 7.11 Å². The molecule has 72 valence electrons. The summed E-state index contributed by atoms with van der Waals surface area (Å²) in [4.78, 5) is 13.8. The van der Waals surface area contributed by atoms with E-state index < -0.39 is 12.1 Å². The second-order valence-electron chi connectivity index (χ2n) is 2.17. The second kappa shape index (κ2) is 6.03. The summed E-state index contributed by atoms with van der Waals surface area (Å²) in [7, 11) is 2.67. The van der Waals surface area contributed by atoms with Crippen molar-refractivity contribution in [3.8, 4) is 6.57 Å². The van der Waals surface area contributed by atoms with Crippen LogP contribution in [0, 0.1) is 6.57 Å². The number of nitrogens with zero attached hydrogens (tertiary/aromatic N) is 1. The summed E-state index contributed by atoms with van der Waals surface area (Å²) in [5.74, 6) is 0.0708. The number of aliphatic hydroxyl groups excluding tert-OH is 1. The van der Waals surface area contributed by atoms with Crippen molar-refractivity contribution < 1.29 is 19.4 Å². The lowest BCUT2D eigenvalue weighted by Crippen LogP contribution is -2.29. The van der Waals surface area contributed by atoms with Gasteiger partial charge in [-0.3, -0.25) is 0 Å². The lowest BCUT2D eigenvalue weighted by Gasteiger charge is -2.09. The number of methoxy groups -OCH3 is 2. The SMILES string of the molecule is C#[N+]C(/C(=C\O)OC)C(C=O)OC. The molecule has 0 aromatic rings. The predicted molar refractivity (Wildman–Crippen MR) is 46.7 cm³/mol. The average Bonchev–Trinajstić information content (AvgIpc) is 2.18. The highest BCUT2D eigenvalue weighted by Crippen LogP contribution is 2.12. The summed E-state index contributed by atoms with van der Waals surface area (Å²) < 4.78 is 9.50. The minimum absolute atomic E-state index is 0.0708. The molecular weight excluding hydrogens is 174 g/mol. The first-order valence-electron chi connectivity index (χ1n) is 3.51. The molecule has 0 bridgehead atoms. The number of aliphatic hydroxyl groups is 1. The molecule has 0 aliphatic heterocycles. The molecule has 2 atom stereocenters. The normalized spacial score (nSPS) is 15.6. The number of carbonyl (C=O) groups excluding carboxylic acids is 1. The molecule has 2 unspecified atom stereocenters. The highest BCUT2D eigenvalue weighted by atomic mass is 16.5. The maximum Gasteiger partial charge on any atom is 0.363 e. The van der Waals surface area contributed by atoms with Crippen LogP contribution in [0.1, 0.15) is 0 Å². The Morgan fingerprint density at radius 3 is 2.46 bits per heavy atom. The fourth-order valence-electron chi connectivity index (χ4n) is 0.829. The molecule has 0 fully saturated rings. The van der Waals surface area contributed by atoms with Gasteiger partial charge in [0, 0.05) is 7.11 Å². The van der Waals surface area contributed by atoms with Gasteiger partial charge in [0.15, 0.2) is 12.4 Å². The van der Waals surface area contributed by atoms with E-state index in [1.54, 1.807) is 0 Å². The molecule has 0 spiro atoms. The molecule has 0 rings (SSSR count). The Bertz CT molecular complexity index is 231. The van der Waals surface area contributed by atoms with Gasteiger partial charge in [-0.15, -0.1) is 0 Å². The maximum atomic E-state index is 10.5. The molecule has 5 heteroatoms. The fourth-order valence-corrected chi connectivity index (χ4v) is 0.829. The number of hydrogen-bond donors (Lipinski definition) is 1. The number of aldehydes is 1. The largest absolute Gasteiger partial charge is 0.512 e. The number of rotatable bonds is 5. The first kappa shape index (κ1) is 11.5. The second-order valence-corrected chi connectivity index (χ2v) is 2.17. The van der Waals surface area contributed by atoms with E-state index in [2.05, 4.69) is 4.85 Å². The number of ether oxygens (including phenoxy) is 2. The van der Waals surface area contributed by atoms with E-state index in [0.29, 0.717) is 12.5 Å². The third-order valence-corrected chi connectivity index (χ3v) is 1.53. The Hall–Kier alpha value is -1.54. The van der Waals surface area contributed by atoms with Crippen molar-refractivity contribution in [3.63, 3.8) is 0 Å². The van der Waals surface area contributed by atoms with Gasteiger partial charge < -0.3 is 19.4 Å². The Kier molecular flexibility index (Phi) is 5.32. The predicted octanol–water partition coefficient (Wildman–Crippen LogP) is 0.577. The van der Waals surface area contributed by atoms with E-state index in [9.17, 15) is 4.79 Å². The minimum atomic E-state index is -0.858. The van der Waals surface area contributed by atoms with Crippen LogP contribution in [0.25, 0.3) is 4.85 Å². The van der Waals surface area contributed by atoms with Crippen LogP contribution in [0.5, 0.6) is 0 Å². The fraction of sp³-hybridized carbons (Fsp3) is 0.500. The molecule has 1 N–H and O–H groups in total. The van der Waals surface area contributed by atoms with Gasteiger partial charge in [0.1, 0.15) is 6.26 Å². The van der Waals surface area contributed by atoms with Crippen molar-refractivity contribution in [2.24, 2.45) is 0 Å². The van der Waals surface area contributed by atoms with Crippen molar-refractivity contribution >= 4 is 6.29 Å². The van der Waals surface area contributed by atoms with Crippen molar-refractivity contribution in [3.05, 3.63) is 16.9 Å². The summed E-state index contributed by atoms with van der Waals surface area (Å²) in [5.41, 5.74) is 0. The first-order chi connectivity index (χ1) is 6.24. The highest BCUT2D eigenvalue weighted by molar-refractivity contribution is 5.59. The van der Waals surface area contributed by atoms with Gasteiger partial charge in [-0.2, -0.15) is 0 Å². The third kappa shape index (κ3) is 2.76. The Morgan fingerprint density at radius 1 is 1.62 bits per heavy atom. The van der Waals surface area contributed by atoms with Crippen LogP contribution in [0.3, 0.4) is 0 Å². The van der Waals surface area contributed by atoms with Crippen LogP contribution in [0.4, 0.5) is 0 Å². The molecule has 0 aromatic heterocycles. The van der Waals surface area contributed by atoms with Crippen molar-refractivity contribution in [1.82, 2.24) is 0 Å². The third-order valence-electron chi connectivity index (χ3n) is 1.53. The Labute approximate surface area is 76.4 Å². The van der Waals surface area contributed by atoms with Gasteiger partial charge in [0.2, 0.25) is 5.76 Å². The van der Waals surface area contributed by atoms with Crippen LogP contribution in [-0.2, 0) is 14.3 Å². The van der Waals surface area contributed by atoms with Crippen LogP contribution in [0.2, 0.25) is 0 Å². The topological polar surface area (TPSA) is 60.1 Å². The van der Waals surface area contributed by atoms with Crippen LogP contribution in [0.15, 0.2) is 12.0 Å². The van der Waals surface area contributed by atoms with Crippen molar-refractivity contribution in [1.29, 1.82) is 0 Å². The monoisotopic (exact) mass is 186 g/mol. The van der Waals surface area contributed by atoms with E-state index >= 15 is 0 Å². The summed E-state index contributed by atoms with van der Waals surface area (Å²) in [6, 6.07) is -0.822. The van der Waals surface area contributed by atoms with Gasteiger partial charge in [-0.1, -0.05) is 4.85 Å². The van der Waals surface area contributed by atoms with Crippen LogP contribution < -0.4 is 0 Å². The Morgan fingerprint density at radius 2 is 2.23 bits per heavy atom. The summed E-state index contributed by atoms with van der Waals surface area (Å²) in [6.45, 7) is 5.03. The van der Waals surface area contributed by atoms with Crippen LogP contribution in [-0.4, -0.2) is 37.8 Å². The van der Waals surface area contributed by atoms with E-state index in [1.165, 1.54) is 14.2 Å². The smallest absolute Gasteiger partial charge is 0.363 e. The van der Waals surface area contributed by atoms with Gasteiger partial charge in [0.25, 0.3) is 6.57 Å². The lowest BCUT2D eigenvalue weighted by molar-refractivity contribution is -0.116. The molecule has 0 aliphatic rings. The highest BCUT2D eigenvalue weighted by Gasteiger charge is 2.34. The number of carbonyl (C=O) groups is 1. The first-order valence-corrected chi connectivity index (χ1v) is 3.51. The minimum Gasteiger partial charge on any atom is -0.512 e. The Balaban J connectivity index is 4.68. The quantitative estimate of drug-likeness (QED) is 0.504. The number of hydrogen-bond acceptors (Lipinski definition) is 4. The molecule has 0 heterocycles. The van der Waals surface area contributed by atoms with Crippen molar-refractivity contribution in [2.75, 3.05) is 14.2 Å². The molecule has 0 radical (unpaired) electrons. The van der Waals surface area contributed by atoms with Gasteiger partial charge in [-0.25, -0.2) is 0 Å². The van der Waals surface area contributed by atoms with E-state index in [-0.39, 0.29) is 5.76 Å². The zero-order valence-corrected chi connectivity index (χ0v) is 7.51. The molecule has 0 aromatic carbocycles. The molecule has 5 nitrogen and oxygen atoms in total. The average molecular weight is 186 g/mol. The van der Waals surface area contributed by atoms with E-state index in [1.807, 2.05) is 0 Å².